The van der Waals surface area contributed by atoms with Gasteiger partial charge in [-0.05, 0) is 80.6 Å². The molecule has 3 heteroatoms. The number of hydrogen-bond acceptors (Lipinski definition) is 3. The van der Waals surface area contributed by atoms with E-state index in [2.05, 4.69) is 35.2 Å². The average molecular weight is 414 g/mol. The predicted molar refractivity (Wildman–Crippen MR) is 125 cm³/mol. The molecule has 0 aliphatic carbocycles. The highest BCUT2D eigenvalue weighted by molar-refractivity contribution is 5.99. The Hall–Kier alpha value is -2.91. The molecule has 1 heterocycles. The van der Waals surface area contributed by atoms with Crippen LogP contribution in [0.1, 0.15) is 41.3 Å². The summed E-state index contributed by atoms with van der Waals surface area (Å²) >= 11 is 0. The second-order valence-corrected chi connectivity index (χ2v) is 8.51. The lowest BCUT2D eigenvalue weighted by Crippen LogP contribution is -2.44. The molecule has 3 nitrogen and oxygen atoms in total. The van der Waals surface area contributed by atoms with Gasteiger partial charge < -0.3 is 4.74 Å². The van der Waals surface area contributed by atoms with E-state index in [1.807, 2.05) is 61.5 Å². The van der Waals surface area contributed by atoms with Crippen molar-refractivity contribution in [3.63, 3.8) is 0 Å². The van der Waals surface area contributed by atoms with Crippen LogP contribution in [0.3, 0.4) is 0 Å². The van der Waals surface area contributed by atoms with Crippen LogP contribution in [0.15, 0.2) is 84.9 Å². The number of Topliss-reactive ketones (excluding diaryl/α,β-unsaturated/α-hetero) is 1. The summed E-state index contributed by atoms with van der Waals surface area (Å²) in [4.78, 5) is 15.4. The van der Waals surface area contributed by atoms with E-state index >= 15 is 0 Å². The van der Waals surface area contributed by atoms with E-state index in [4.69, 9.17) is 4.74 Å². The molecule has 3 aromatic rings. The molecule has 3 aromatic carbocycles. The van der Waals surface area contributed by atoms with Gasteiger partial charge in [-0.15, -0.1) is 0 Å². The Kier molecular flexibility index (Phi) is 7.16. The minimum atomic E-state index is -0.0891. The summed E-state index contributed by atoms with van der Waals surface area (Å²) in [6.07, 6.45) is 3.44. The van der Waals surface area contributed by atoms with Crippen molar-refractivity contribution in [2.24, 2.45) is 5.92 Å². The van der Waals surface area contributed by atoms with Gasteiger partial charge in [0.05, 0.1) is 6.04 Å². The first-order valence-corrected chi connectivity index (χ1v) is 11.3. The maximum absolute atomic E-state index is 13.0. The van der Waals surface area contributed by atoms with Gasteiger partial charge in [0.1, 0.15) is 12.4 Å². The smallest absolute Gasteiger partial charge is 0.179 e. The van der Waals surface area contributed by atoms with Gasteiger partial charge in [-0.3, -0.25) is 9.69 Å². The molecule has 0 bridgehead atoms. The number of carbonyl (C=O) groups excluding carboxylic acids is 1. The lowest BCUT2D eigenvalue weighted by Gasteiger charge is -2.35. The van der Waals surface area contributed by atoms with Gasteiger partial charge in [-0.25, -0.2) is 0 Å². The maximum Gasteiger partial charge on any atom is 0.179 e. The van der Waals surface area contributed by atoms with Gasteiger partial charge in [-0.1, -0.05) is 60.7 Å². The summed E-state index contributed by atoms with van der Waals surface area (Å²) in [6, 6.07) is 28.3. The van der Waals surface area contributed by atoms with E-state index in [0.717, 1.165) is 49.2 Å². The second-order valence-electron chi connectivity index (χ2n) is 8.51. The van der Waals surface area contributed by atoms with E-state index in [0.29, 0.717) is 12.5 Å². The fourth-order valence-electron chi connectivity index (χ4n) is 4.36. The van der Waals surface area contributed by atoms with E-state index in [1.165, 1.54) is 5.56 Å². The molecule has 0 unspecified atom stereocenters. The Balaban J connectivity index is 1.27. The molecule has 0 aromatic heterocycles. The van der Waals surface area contributed by atoms with Crippen molar-refractivity contribution in [3.05, 3.63) is 102 Å². The molecule has 1 aliphatic rings. The summed E-state index contributed by atoms with van der Waals surface area (Å²) in [5.74, 6) is 1.69. The van der Waals surface area contributed by atoms with E-state index < -0.39 is 0 Å². The Bertz CT molecular complexity index is 945. The topological polar surface area (TPSA) is 29.5 Å². The monoisotopic (exact) mass is 413 g/mol. The van der Waals surface area contributed by atoms with E-state index in [-0.39, 0.29) is 11.8 Å². The van der Waals surface area contributed by atoms with Crippen molar-refractivity contribution >= 4 is 5.78 Å². The molecule has 1 fully saturated rings. The van der Waals surface area contributed by atoms with Gasteiger partial charge >= 0.3 is 0 Å². The van der Waals surface area contributed by atoms with Crippen molar-refractivity contribution in [1.82, 2.24) is 4.90 Å². The molecule has 0 N–H and O–H groups in total. The fraction of sp³-hybridized carbons (Fsp3) is 0.321. The number of piperidine rings is 1. The molecule has 0 spiro atoms. The van der Waals surface area contributed by atoms with Crippen molar-refractivity contribution in [2.75, 3.05) is 13.1 Å². The second kappa shape index (κ2) is 10.4. The van der Waals surface area contributed by atoms with Crippen molar-refractivity contribution in [3.8, 4) is 5.75 Å². The average Bonchev–Trinajstić information content (AvgIpc) is 2.84. The van der Waals surface area contributed by atoms with E-state index in [1.54, 1.807) is 0 Å². The molecular formula is C28H31NO2. The fourth-order valence-corrected chi connectivity index (χ4v) is 4.36. The molecule has 0 saturated carbocycles. The lowest BCUT2D eigenvalue weighted by molar-refractivity contribution is 0.0771. The van der Waals surface area contributed by atoms with Crippen molar-refractivity contribution in [1.29, 1.82) is 0 Å². The molecule has 4 rings (SSSR count). The normalized spacial score (nSPS) is 16.0. The Morgan fingerprint density at radius 3 is 2.06 bits per heavy atom. The van der Waals surface area contributed by atoms with Crippen LogP contribution in [0.5, 0.6) is 5.75 Å². The van der Waals surface area contributed by atoms with Crippen LogP contribution in [0.25, 0.3) is 0 Å². The maximum atomic E-state index is 13.0. The summed E-state index contributed by atoms with van der Waals surface area (Å²) in [5, 5.41) is 0. The standard InChI is InChI=1S/C28H31NO2/c1-22(29-18-16-24(17-19-29)20-23-8-4-2-5-9-23)28(30)26-12-14-27(15-13-26)31-21-25-10-6-3-7-11-25/h2-15,22,24H,16-21H2,1H3/t22-/m1/s1. The van der Waals surface area contributed by atoms with Crippen molar-refractivity contribution < 1.29 is 9.53 Å². The number of ether oxygens (including phenoxy) is 1. The summed E-state index contributed by atoms with van der Waals surface area (Å²) in [7, 11) is 0. The zero-order valence-electron chi connectivity index (χ0n) is 18.2. The van der Waals surface area contributed by atoms with Gasteiger partial charge in [0.2, 0.25) is 0 Å². The molecule has 1 aliphatic heterocycles. The van der Waals surface area contributed by atoms with Crippen LogP contribution in [0, 0.1) is 5.92 Å². The van der Waals surface area contributed by atoms with E-state index in [9.17, 15) is 4.79 Å². The lowest BCUT2D eigenvalue weighted by atomic mass is 9.89. The number of carbonyl (C=O) groups is 1. The quantitative estimate of drug-likeness (QED) is 0.438. The molecule has 1 saturated heterocycles. The molecule has 0 amide bonds. The third kappa shape index (κ3) is 5.83. The molecule has 0 radical (unpaired) electrons. The molecular weight excluding hydrogens is 382 g/mol. The van der Waals surface area contributed by atoms with Crippen LogP contribution in [0.4, 0.5) is 0 Å². The molecule has 31 heavy (non-hydrogen) atoms. The summed E-state index contributed by atoms with van der Waals surface area (Å²) < 4.78 is 5.84. The first-order chi connectivity index (χ1) is 15.2. The number of likely N-dealkylation sites (tertiary alicyclic amines) is 1. The number of nitrogens with zero attached hydrogens (tertiary/aromatic N) is 1. The SMILES string of the molecule is C[C@H](C(=O)c1ccc(OCc2ccccc2)cc1)N1CCC(Cc2ccccc2)CC1. The third-order valence-corrected chi connectivity index (χ3v) is 6.33. The number of hydrogen-bond donors (Lipinski definition) is 0. The van der Waals surface area contributed by atoms with Crippen LogP contribution in [-0.4, -0.2) is 29.8 Å². The minimum absolute atomic E-state index is 0.0891. The highest BCUT2D eigenvalue weighted by atomic mass is 16.5. The first-order valence-electron chi connectivity index (χ1n) is 11.3. The zero-order chi connectivity index (χ0) is 21.5. The predicted octanol–water partition coefficient (Wildman–Crippen LogP) is 5.79. The molecule has 1 atom stereocenters. The Morgan fingerprint density at radius 1 is 0.871 bits per heavy atom. The third-order valence-electron chi connectivity index (χ3n) is 6.33. The zero-order valence-corrected chi connectivity index (χ0v) is 18.2. The molecule has 160 valence electrons. The summed E-state index contributed by atoms with van der Waals surface area (Å²) in [6.45, 7) is 4.55. The number of ketones is 1. The Labute approximate surface area is 185 Å². The summed E-state index contributed by atoms with van der Waals surface area (Å²) in [5.41, 5.74) is 3.30. The van der Waals surface area contributed by atoms with Crippen LogP contribution < -0.4 is 4.74 Å². The van der Waals surface area contributed by atoms with Gasteiger partial charge in [0, 0.05) is 5.56 Å². The number of rotatable bonds is 8. The van der Waals surface area contributed by atoms with Crippen LogP contribution in [-0.2, 0) is 13.0 Å². The highest BCUT2D eigenvalue weighted by Crippen LogP contribution is 2.24. The first kappa shape index (κ1) is 21.3. The van der Waals surface area contributed by atoms with Crippen LogP contribution >= 0.6 is 0 Å². The largest absolute Gasteiger partial charge is 0.489 e. The van der Waals surface area contributed by atoms with Gasteiger partial charge in [0.15, 0.2) is 5.78 Å². The minimum Gasteiger partial charge on any atom is -0.489 e. The van der Waals surface area contributed by atoms with Gasteiger partial charge in [-0.2, -0.15) is 0 Å². The van der Waals surface area contributed by atoms with Gasteiger partial charge in [0.25, 0.3) is 0 Å². The number of benzene rings is 3. The van der Waals surface area contributed by atoms with Crippen molar-refractivity contribution in [2.45, 2.75) is 38.8 Å². The Morgan fingerprint density at radius 2 is 1.45 bits per heavy atom. The highest BCUT2D eigenvalue weighted by Gasteiger charge is 2.27. The van der Waals surface area contributed by atoms with Crippen LogP contribution in [0.2, 0.25) is 0 Å².